The predicted octanol–water partition coefficient (Wildman–Crippen LogP) is 5.44. The maximum absolute atomic E-state index is 13.7. The number of aromatic nitrogens is 3. The number of carbonyl (C=O) groups is 1. The van der Waals surface area contributed by atoms with Gasteiger partial charge in [0.2, 0.25) is 5.95 Å². The Bertz CT molecular complexity index is 1530. The van der Waals surface area contributed by atoms with Crippen molar-refractivity contribution >= 4 is 34.8 Å². The number of hydrogen-bond donors (Lipinski definition) is 2. The van der Waals surface area contributed by atoms with Crippen LogP contribution in [0.25, 0.3) is 11.4 Å². The Kier molecular flexibility index (Phi) is 6.33. The van der Waals surface area contributed by atoms with Crippen LogP contribution in [-0.2, 0) is 4.79 Å². The van der Waals surface area contributed by atoms with Crippen molar-refractivity contribution in [2.45, 2.75) is 13.0 Å². The lowest BCUT2D eigenvalue weighted by molar-refractivity contribution is -0.384. The van der Waals surface area contributed by atoms with Crippen LogP contribution in [-0.4, -0.2) is 32.7 Å². The zero-order valence-corrected chi connectivity index (χ0v) is 20.6. The first-order chi connectivity index (χ1) is 17.9. The molecule has 186 valence electrons. The number of para-hydroxylation sites is 2. The molecule has 0 fully saturated rings. The molecule has 0 aliphatic carbocycles. The number of nitro benzene ring substituents is 1. The number of nitrogens with zero attached hydrogens (tertiary/aromatic N) is 4. The predicted molar refractivity (Wildman–Crippen MR) is 140 cm³/mol. The molecule has 2 heterocycles. The van der Waals surface area contributed by atoms with E-state index in [0.29, 0.717) is 45.1 Å². The van der Waals surface area contributed by atoms with Gasteiger partial charge in [0.15, 0.2) is 5.82 Å². The zero-order chi connectivity index (χ0) is 26.1. The SMILES string of the molecule is COc1ccccc1NC(=O)C1=C(C)Nc2nc(-c3ccc(Cl)cc3)nn2C1c1ccc([N+](=O)[O-])cc1. The Balaban J connectivity index is 1.60. The maximum Gasteiger partial charge on any atom is 0.269 e. The largest absolute Gasteiger partial charge is 0.495 e. The number of amides is 1. The molecule has 2 N–H and O–H groups in total. The second-order valence-electron chi connectivity index (χ2n) is 8.28. The van der Waals surface area contributed by atoms with Gasteiger partial charge in [0.1, 0.15) is 11.8 Å². The molecule has 1 unspecified atom stereocenters. The molecule has 0 saturated heterocycles. The smallest absolute Gasteiger partial charge is 0.269 e. The summed E-state index contributed by atoms with van der Waals surface area (Å²) in [5.41, 5.74) is 2.76. The second kappa shape index (κ2) is 9.75. The van der Waals surface area contributed by atoms with E-state index >= 15 is 0 Å². The summed E-state index contributed by atoms with van der Waals surface area (Å²) in [6.07, 6.45) is 0. The van der Waals surface area contributed by atoms with E-state index in [9.17, 15) is 14.9 Å². The fraction of sp³-hybridized carbons (Fsp3) is 0.115. The topological polar surface area (TPSA) is 124 Å². The zero-order valence-electron chi connectivity index (χ0n) is 19.8. The van der Waals surface area contributed by atoms with Gasteiger partial charge >= 0.3 is 0 Å². The van der Waals surface area contributed by atoms with Crippen LogP contribution >= 0.6 is 11.6 Å². The third kappa shape index (κ3) is 4.62. The molecular formula is C26H21ClN6O4. The van der Waals surface area contributed by atoms with E-state index in [1.807, 2.05) is 0 Å². The van der Waals surface area contributed by atoms with Gasteiger partial charge in [0.05, 0.1) is 23.3 Å². The first kappa shape index (κ1) is 24.0. The minimum absolute atomic E-state index is 0.0564. The number of methoxy groups -OCH3 is 1. The van der Waals surface area contributed by atoms with E-state index in [1.165, 1.54) is 19.2 Å². The molecule has 11 heteroatoms. The number of ether oxygens (including phenoxy) is 1. The molecule has 1 aliphatic rings. The molecular weight excluding hydrogens is 496 g/mol. The van der Waals surface area contributed by atoms with Crippen LogP contribution in [0, 0.1) is 10.1 Å². The summed E-state index contributed by atoms with van der Waals surface area (Å²) in [6.45, 7) is 1.77. The summed E-state index contributed by atoms with van der Waals surface area (Å²) in [7, 11) is 1.53. The van der Waals surface area contributed by atoms with E-state index in [-0.39, 0.29) is 11.6 Å². The Morgan fingerprint density at radius 2 is 1.81 bits per heavy atom. The molecule has 0 saturated carbocycles. The summed E-state index contributed by atoms with van der Waals surface area (Å²) >= 11 is 6.03. The number of allylic oxidation sites excluding steroid dienone is 1. The lowest BCUT2D eigenvalue weighted by atomic mass is 9.95. The van der Waals surface area contributed by atoms with Crippen molar-refractivity contribution in [2.24, 2.45) is 0 Å². The van der Waals surface area contributed by atoms with Gasteiger partial charge in [-0.25, -0.2) is 4.68 Å². The number of hydrogen-bond acceptors (Lipinski definition) is 7. The Labute approximate surface area is 216 Å². The molecule has 10 nitrogen and oxygen atoms in total. The number of anilines is 2. The average molecular weight is 517 g/mol. The van der Waals surface area contributed by atoms with Crippen molar-refractivity contribution in [1.29, 1.82) is 0 Å². The Morgan fingerprint density at radius 1 is 1.11 bits per heavy atom. The quantitative estimate of drug-likeness (QED) is 0.258. The van der Waals surface area contributed by atoms with E-state index in [2.05, 4.69) is 15.6 Å². The molecule has 1 aliphatic heterocycles. The molecule has 0 spiro atoms. The van der Waals surface area contributed by atoms with E-state index in [4.69, 9.17) is 21.4 Å². The molecule has 37 heavy (non-hydrogen) atoms. The van der Waals surface area contributed by atoms with Crippen molar-refractivity contribution in [3.05, 3.63) is 105 Å². The van der Waals surface area contributed by atoms with Crippen LogP contribution in [0.4, 0.5) is 17.3 Å². The average Bonchev–Trinajstić information content (AvgIpc) is 3.32. The normalized spacial score (nSPS) is 14.5. The van der Waals surface area contributed by atoms with Gasteiger partial charge in [0, 0.05) is 28.4 Å². The summed E-state index contributed by atoms with van der Waals surface area (Å²) in [4.78, 5) is 29.1. The number of nitrogens with one attached hydrogen (secondary N) is 2. The summed E-state index contributed by atoms with van der Waals surface area (Å²) in [5.74, 6) is 0.994. The third-order valence-electron chi connectivity index (χ3n) is 5.97. The highest BCUT2D eigenvalue weighted by atomic mass is 35.5. The van der Waals surface area contributed by atoms with Crippen LogP contribution in [0.1, 0.15) is 18.5 Å². The van der Waals surface area contributed by atoms with Gasteiger partial charge in [-0.3, -0.25) is 14.9 Å². The fourth-order valence-corrected chi connectivity index (χ4v) is 4.32. The van der Waals surface area contributed by atoms with Crippen molar-refractivity contribution in [2.75, 3.05) is 17.7 Å². The lowest BCUT2D eigenvalue weighted by Gasteiger charge is -2.28. The molecule has 0 radical (unpaired) electrons. The molecule has 1 atom stereocenters. The number of benzene rings is 3. The molecule has 1 aromatic heterocycles. The highest BCUT2D eigenvalue weighted by molar-refractivity contribution is 6.30. The van der Waals surface area contributed by atoms with Crippen LogP contribution in [0.15, 0.2) is 84.1 Å². The van der Waals surface area contributed by atoms with Crippen molar-refractivity contribution in [3.63, 3.8) is 0 Å². The van der Waals surface area contributed by atoms with Crippen molar-refractivity contribution in [3.8, 4) is 17.1 Å². The van der Waals surface area contributed by atoms with Gasteiger partial charge in [-0.05, 0) is 61.0 Å². The molecule has 0 bridgehead atoms. The number of nitro groups is 1. The first-order valence-corrected chi connectivity index (χ1v) is 11.6. The maximum atomic E-state index is 13.7. The van der Waals surface area contributed by atoms with E-state index in [1.54, 1.807) is 72.3 Å². The van der Waals surface area contributed by atoms with E-state index in [0.717, 1.165) is 5.56 Å². The molecule has 5 rings (SSSR count). The van der Waals surface area contributed by atoms with E-state index < -0.39 is 11.0 Å². The van der Waals surface area contributed by atoms with Gasteiger partial charge in [0.25, 0.3) is 11.6 Å². The number of non-ortho nitro benzene ring substituents is 1. The highest BCUT2D eigenvalue weighted by Gasteiger charge is 2.35. The molecule has 1 amide bonds. The summed E-state index contributed by atoms with van der Waals surface area (Å²) < 4.78 is 6.98. The summed E-state index contributed by atoms with van der Waals surface area (Å²) in [5, 5.41) is 22.6. The summed E-state index contributed by atoms with van der Waals surface area (Å²) in [6, 6.07) is 19.5. The third-order valence-corrected chi connectivity index (χ3v) is 6.23. The van der Waals surface area contributed by atoms with Gasteiger partial charge < -0.3 is 15.4 Å². The molecule has 3 aromatic carbocycles. The lowest BCUT2D eigenvalue weighted by Crippen LogP contribution is -2.31. The van der Waals surface area contributed by atoms with Crippen molar-refractivity contribution < 1.29 is 14.5 Å². The second-order valence-corrected chi connectivity index (χ2v) is 8.72. The number of halogens is 1. The Morgan fingerprint density at radius 3 is 2.49 bits per heavy atom. The number of fused-ring (bicyclic) bond motifs is 1. The minimum Gasteiger partial charge on any atom is -0.495 e. The fourth-order valence-electron chi connectivity index (χ4n) is 4.19. The van der Waals surface area contributed by atoms with Crippen LogP contribution in [0.2, 0.25) is 5.02 Å². The number of carbonyl (C=O) groups excluding carboxylic acids is 1. The van der Waals surface area contributed by atoms with Gasteiger partial charge in [-0.1, -0.05) is 23.7 Å². The number of rotatable bonds is 6. The first-order valence-electron chi connectivity index (χ1n) is 11.2. The van der Waals surface area contributed by atoms with Gasteiger partial charge in [-0.15, -0.1) is 5.10 Å². The van der Waals surface area contributed by atoms with Crippen molar-refractivity contribution in [1.82, 2.24) is 14.8 Å². The van der Waals surface area contributed by atoms with Crippen LogP contribution in [0.3, 0.4) is 0 Å². The molecule has 4 aromatic rings. The van der Waals surface area contributed by atoms with Gasteiger partial charge in [-0.2, -0.15) is 4.98 Å². The van der Waals surface area contributed by atoms with Crippen LogP contribution in [0.5, 0.6) is 5.75 Å². The van der Waals surface area contributed by atoms with Crippen LogP contribution < -0.4 is 15.4 Å². The Hall–Kier alpha value is -4.70. The highest BCUT2D eigenvalue weighted by Crippen LogP contribution is 2.38. The monoisotopic (exact) mass is 516 g/mol. The standard InChI is InChI=1S/C26H21ClN6O4/c1-15-22(25(34)29-20-5-3-4-6-21(20)37-2)23(16-9-13-19(14-10-16)33(35)36)32-26(28-15)30-24(31-32)17-7-11-18(27)12-8-17/h3-14,23H,1-2H3,(H,29,34)(H,28,30,31). The minimum atomic E-state index is -0.708.